The van der Waals surface area contributed by atoms with Gasteiger partial charge in [-0.3, -0.25) is 28.9 Å². The first-order valence-corrected chi connectivity index (χ1v) is 14.4. The number of carboxylic acid groups (broad SMARTS) is 1. The molecular weight excluding hydrogens is 546 g/mol. The molecule has 2 aliphatic rings. The van der Waals surface area contributed by atoms with Gasteiger partial charge < -0.3 is 15.7 Å². The van der Waals surface area contributed by atoms with Crippen LogP contribution in [0.5, 0.6) is 0 Å². The van der Waals surface area contributed by atoms with Crippen molar-refractivity contribution in [2.24, 2.45) is 0 Å². The van der Waals surface area contributed by atoms with Crippen molar-refractivity contribution in [3.05, 3.63) is 100 Å². The fourth-order valence-corrected chi connectivity index (χ4v) is 5.22. The Balaban J connectivity index is 1.36. The lowest BCUT2D eigenvalue weighted by Crippen LogP contribution is -2.31. The van der Waals surface area contributed by atoms with E-state index in [9.17, 15) is 24.0 Å². The number of nitrogens with one attached hydrogen (secondary N) is 2. The second-order valence-corrected chi connectivity index (χ2v) is 12.2. The van der Waals surface area contributed by atoms with Crippen molar-refractivity contribution in [2.75, 3.05) is 11.9 Å². The predicted octanol–water partition coefficient (Wildman–Crippen LogP) is 4.91. The molecule has 0 radical (unpaired) electrons. The second-order valence-electron chi connectivity index (χ2n) is 12.2. The van der Waals surface area contributed by atoms with Gasteiger partial charge in [-0.15, -0.1) is 0 Å². The Morgan fingerprint density at radius 3 is 2.16 bits per heavy atom. The Morgan fingerprint density at radius 2 is 1.56 bits per heavy atom. The number of hydrogen-bond acceptors (Lipinski definition) is 5. The van der Waals surface area contributed by atoms with Crippen molar-refractivity contribution in [3.63, 3.8) is 0 Å². The summed E-state index contributed by atoms with van der Waals surface area (Å²) in [6, 6.07) is 19.6. The monoisotopic (exact) mass is 581 g/mol. The zero-order valence-electron chi connectivity index (χ0n) is 24.5. The van der Waals surface area contributed by atoms with Crippen molar-refractivity contribution in [3.8, 4) is 0 Å². The molecule has 222 valence electrons. The number of carbonyl (C=O) groups excluding carboxylic acids is 4. The van der Waals surface area contributed by atoms with Crippen LogP contribution in [0.2, 0.25) is 0 Å². The highest BCUT2D eigenvalue weighted by atomic mass is 16.4. The Morgan fingerprint density at radius 1 is 0.907 bits per heavy atom. The lowest BCUT2D eigenvalue weighted by Gasteiger charge is -2.22. The number of benzene rings is 3. The van der Waals surface area contributed by atoms with Gasteiger partial charge in [0.1, 0.15) is 0 Å². The molecule has 1 heterocycles. The molecule has 1 aliphatic carbocycles. The highest BCUT2D eigenvalue weighted by Crippen LogP contribution is 2.36. The third kappa shape index (κ3) is 6.66. The van der Waals surface area contributed by atoms with E-state index < -0.39 is 11.9 Å². The molecule has 1 saturated carbocycles. The summed E-state index contributed by atoms with van der Waals surface area (Å²) in [6.45, 7) is 6.39. The van der Waals surface area contributed by atoms with E-state index in [0.29, 0.717) is 28.8 Å². The first kappa shape index (κ1) is 29.7. The van der Waals surface area contributed by atoms with Gasteiger partial charge in [0.2, 0.25) is 5.91 Å². The highest BCUT2D eigenvalue weighted by molar-refractivity contribution is 6.22. The third-order valence-corrected chi connectivity index (χ3v) is 7.87. The van der Waals surface area contributed by atoms with Gasteiger partial charge >= 0.3 is 5.97 Å². The van der Waals surface area contributed by atoms with Crippen LogP contribution in [-0.4, -0.2) is 52.2 Å². The fraction of sp³-hybridized carbons (Fsp3) is 0.324. The smallest absolute Gasteiger partial charge is 0.305 e. The van der Waals surface area contributed by atoms with Gasteiger partial charge in [-0.05, 0) is 71.7 Å². The summed E-state index contributed by atoms with van der Waals surface area (Å²) in [5.74, 6) is -2.82. The van der Waals surface area contributed by atoms with Gasteiger partial charge in [-0.2, -0.15) is 0 Å². The molecule has 3 aromatic rings. The van der Waals surface area contributed by atoms with Crippen LogP contribution in [0, 0.1) is 0 Å². The van der Waals surface area contributed by atoms with E-state index in [-0.39, 0.29) is 48.1 Å². The standard InChI is InChI=1S/C34H35N3O6/c1-34(2,3)23-10-8-21(9-11-23)27(18-20-4-6-22(7-5-20)30(40)35-17-16-29(38)39)31(41)36-24-12-15-26-28(19-24)33(43)37(32(26)42)25-13-14-25/h4-12,15,19,25,27H,13-14,16-18H2,1-3H3,(H,35,40)(H,36,41)(H,38,39). The quantitative estimate of drug-likeness (QED) is 0.292. The molecule has 9 heteroatoms. The van der Waals surface area contributed by atoms with Crippen molar-refractivity contribution in [2.45, 2.75) is 63.8 Å². The van der Waals surface area contributed by atoms with Crippen molar-refractivity contribution in [1.29, 1.82) is 0 Å². The molecule has 5 rings (SSSR count). The molecule has 0 bridgehead atoms. The predicted molar refractivity (Wildman–Crippen MR) is 161 cm³/mol. The number of carboxylic acids is 1. The number of hydrogen-bond donors (Lipinski definition) is 3. The molecule has 0 aromatic heterocycles. The SMILES string of the molecule is CC(C)(C)c1ccc(C(Cc2ccc(C(=O)NCCC(=O)O)cc2)C(=O)Nc2ccc3c(c2)C(=O)N(C2CC2)C3=O)cc1. The topological polar surface area (TPSA) is 133 Å². The van der Waals surface area contributed by atoms with Gasteiger partial charge in [0.15, 0.2) is 0 Å². The van der Waals surface area contributed by atoms with Gasteiger partial charge in [0.05, 0.1) is 23.5 Å². The highest BCUT2D eigenvalue weighted by Gasteiger charge is 2.44. The minimum Gasteiger partial charge on any atom is -0.481 e. The van der Waals surface area contributed by atoms with E-state index in [1.807, 2.05) is 24.3 Å². The molecule has 0 saturated heterocycles. The van der Waals surface area contributed by atoms with E-state index in [1.54, 1.807) is 42.5 Å². The van der Waals surface area contributed by atoms with E-state index in [1.165, 1.54) is 4.90 Å². The Hall–Kier alpha value is -4.79. The van der Waals surface area contributed by atoms with Crippen LogP contribution in [0.3, 0.4) is 0 Å². The van der Waals surface area contributed by atoms with Crippen molar-refractivity contribution in [1.82, 2.24) is 10.2 Å². The van der Waals surface area contributed by atoms with Gasteiger partial charge in [0, 0.05) is 23.8 Å². The molecule has 1 unspecified atom stereocenters. The molecule has 3 N–H and O–H groups in total. The van der Waals surface area contributed by atoms with Gasteiger partial charge in [-0.1, -0.05) is 57.2 Å². The van der Waals surface area contributed by atoms with Crippen LogP contribution < -0.4 is 10.6 Å². The summed E-state index contributed by atoms with van der Waals surface area (Å²) in [6.07, 6.45) is 1.82. The maximum Gasteiger partial charge on any atom is 0.305 e. The summed E-state index contributed by atoms with van der Waals surface area (Å²) in [7, 11) is 0. The first-order valence-electron chi connectivity index (χ1n) is 14.4. The van der Waals surface area contributed by atoms with E-state index in [4.69, 9.17) is 5.11 Å². The zero-order valence-corrected chi connectivity index (χ0v) is 24.5. The number of amides is 4. The Labute approximate surface area is 250 Å². The van der Waals surface area contributed by atoms with Crippen LogP contribution in [-0.2, 0) is 21.4 Å². The lowest BCUT2D eigenvalue weighted by atomic mass is 9.84. The van der Waals surface area contributed by atoms with E-state index in [0.717, 1.165) is 29.5 Å². The molecule has 1 atom stereocenters. The van der Waals surface area contributed by atoms with Gasteiger partial charge in [0.25, 0.3) is 17.7 Å². The third-order valence-electron chi connectivity index (χ3n) is 7.87. The van der Waals surface area contributed by atoms with Crippen LogP contribution >= 0.6 is 0 Å². The average molecular weight is 582 g/mol. The maximum atomic E-state index is 13.8. The first-order chi connectivity index (χ1) is 20.4. The Bertz CT molecular complexity index is 1580. The zero-order chi connectivity index (χ0) is 30.9. The summed E-state index contributed by atoms with van der Waals surface area (Å²) in [5, 5.41) is 14.3. The molecule has 1 fully saturated rings. The van der Waals surface area contributed by atoms with Crippen molar-refractivity contribution >= 4 is 35.3 Å². The Kier molecular flexibility index (Phi) is 8.17. The summed E-state index contributed by atoms with van der Waals surface area (Å²) < 4.78 is 0. The molecule has 3 aromatic carbocycles. The summed E-state index contributed by atoms with van der Waals surface area (Å²) >= 11 is 0. The molecular formula is C34H35N3O6. The fourth-order valence-electron chi connectivity index (χ4n) is 5.22. The van der Waals surface area contributed by atoms with Crippen LogP contribution in [0.25, 0.3) is 0 Å². The normalized spacial score (nSPS) is 15.2. The number of carbonyl (C=O) groups is 5. The summed E-state index contributed by atoms with van der Waals surface area (Å²) in [4.78, 5) is 63.9. The number of nitrogens with zero attached hydrogens (tertiary/aromatic N) is 1. The summed E-state index contributed by atoms with van der Waals surface area (Å²) in [5.41, 5.74) is 4.21. The second kappa shape index (κ2) is 11.8. The minimum atomic E-state index is -0.990. The van der Waals surface area contributed by atoms with Gasteiger partial charge in [-0.25, -0.2) is 0 Å². The van der Waals surface area contributed by atoms with Crippen LogP contribution in [0.4, 0.5) is 5.69 Å². The molecule has 1 aliphatic heterocycles. The largest absolute Gasteiger partial charge is 0.481 e. The van der Waals surface area contributed by atoms with Crippen molar-refractivity contribution < 1.29 is 29.1 Å². The number of aliphatic carboxylic acids is 1. The molecule has 43 heavy (non-hydrogen) atoms. The lowest BCUT2D eigenvalue weighted by molar-refractivity contribution is -0.136. The number of rotatable bonds is 10. The molecule has 9 nitrogen and oxygen atoms in total. The average Bonchev–Trinajstić information content (AvgIpc) is 3.77. The number of anilines is 1. The maximum absolute atomic E-state index is 13.8. The molecule has 4 amide bonds. The van der Waals surface area contributed by atoms with E-state index >= 15 is 0 Å². The van der Waals surface area contributed by atoms with Crippen LogP contribution in [0.15, 0.2) is 66.7 Å². The minimum absolute atomic E-state index is 0.0315. The van der Waals surface area contributed by atoms with Crippen LogP contribution in [0.1, 0.15) is 93.7 Å². The number of imide groups is 1. The van der Waals surface area contributed by atoms with E-state index in [2.05, 4.69) is 31.4 Å². The molecule has 0 spiro atoms. The number of fused-ring (bicyclic) bond motifs is 1.